The summed E-state index contributed by atoms with van der Waals surface area (Å²) >= 11 is 0. The molecule has 1 atom stereocenters. The molecule has 2 N–H and O–H groups in total. The van der Waals surface area contributed by atoms with Crippen molar-refractivity contribution in [2.24, 2.45) is 5.92 Å². The zero-order valence-corrected chi connectivity index (χ0v) is 13.5. The Morgan fingerprint density at radius 2 is 1.74 bits per heavy atom. The van der Waals surface area contributed by atoms with Crippen LogP contribution in [-0.2, 0) is 11.3 Å². The molecule has 0 spiro atoms. The molecule has 23 heavy (non-hydrogen) atoms. The topological polar surface area (TPSA) is 58.6 Å². The molecule has 0 unspecified atom stereocenters. The Morgan fingerprint density at radius 3 is 2.30 bits per heavy atom. The van der Waals surface area contributed by atoms with E-state index in [1.165, 1.54) is 0 Å². The van der Waals surface area contributed by atoms with Crippen LogP contribution in [0, 0.1) is 5.92 Å². The summed E-state index contributed by atoms with van der Waals surface area (Å²) in [7, 11) is 0. The van der Waals surface area contributed by atoms with Crippen LogP contribution in [0.3, 0.4) is 0 Å². The van der Waals surface area contributed by atoms with Crippen molar-refractivity contribution in [1.29, 1.82) is 0 Å². The van der Waals surface area contributed by atoms with Crippen molar-refractivity contribution in [2.45, 2.75) is 26.4 Å². The minimum atomic E-state index is -0.881. The number of aliphatic carboxylic acids is 1. The number of hydrogen-bond acceptors (Lipinski definition) is 3. The summed E-state index contributed by atoms with van der Waals surface area (Å²) in [4.78, 5) is 11.4. The fourth-order valence-corrected chi connectivity index (χ4v) is 2.18. The van der Waals surface area contributed by atoms with E-state index in [0.29, 0.717) is 19.1 Å². The first-order chi connectivity index (χ1) is 11.1. The molecule has 0 aliphatic carbocycles. The number of rotatable bonds is 8. The number of carboxylic acids is 1. The second-order valence-corrected chi connectivity index (χ2v) is 5.91. The van der Waals surface area contributed by atoms with Gasteiger partial charge in [-0.3, -0.25) is 10.1 Å². The fourth-order valence-electron chi connectivity index (χ4n) is 2.18. The molecule has 2 aromatic rings. The first-order valence-corrected chi connectivity index (χ1v) is 7.79. The molecule has 4 heteroatoms. The van der Waals surface area contributed by atoms with Gasteiger partial charge in [-0.25, -0.2) is 0 Å². The molecule has 2 aromatic carbocycles. The first kappa shape index (κ1) is 17.0. The van der Waals surface area contributed by atoms with Gasteiger partial charge in [-0.1, -0.05) is 56.3 Å². The lowest BCUT2D eigenvalue weighted by Gasteiger charge is -2.15. The van der Waals surface area contributed by atoms with E-state index >= 15 is 0 Å². The molecule has 0 heterocycles. The Kier molecular flexibility index (Phi) is 6.18. The van der Waals surface area contributed by atoms with Crippen LogP contribution in [0.5, 0.6) is 5.75 Å². The van der Waals surface area contributed by atoms with Crippen molar-refractivity contribution >= 4 is 5.97 Å². The Hall–Kier alpha value is -2.33. The van der Waals surface area contributed by atoms with Gasteiger partial charge in [0.05, 0.1) is 6.61 Å². The quantitative estimate of drug-likeness (QED) is 0.781. The molecule has 0 aromatic heterocycles. The van der Waals surface area contributed by atoms with E-state index in [4.69, 9.17) is 4.74 Å². The summed E-state index contributed by atoms with van der Waals surface area (Å²) in [6.45, 7) is 5.38. The zero-order chi connectivity index (χ0) is 16.7. The highest BCUT2D eigenvalue weighted by atomic mass is 16.5. The van der Waals surface area contributed by atoms with Crippen molar-refractivity contribution in [3.8, 4) is 5.75 Å². The summed E-state index contributed by atoms with van der Waals surface area (Å²) in [6, 6.07) is 16.2. The predicted molar refractivity (Wildman–Crippen MR) is 90.4 cm³/mol. The minimum Gasteiger partial charge on any atom is -0.493 e. The van der Waals surface area contributed by atoms with Gasteiger partial charge in [-0.15, -0.1) is 0 Å². The van der Waals surface area contributed by atoms with Gasteiger partial charge < -0.3 is 9.84 Å². The Balaban J connectivity index is 1.94. The van der Waals surface area contributed by atoms with E-state index in [9.17, 15) is 9.90 Å². The van der Waals surface area contributed by atoms with Crippen LogP contribution < -0.4 is 10.1 Å². The van der Waals surface area contributed by atoms with E-state index in [1.54, 1.807) is 0 Å². The van der Waals surface area contributed by atoms with Gasteiger partial charge >= 0.3 is 5.97 Å². The van der Waals surface area contributed by atoms with E-state index < -0.39 is 12.0 Å². The van der Waals surface area contributed by atoms with Crippen molar-refractivity contribution in [3.05, 3.63) is 65.7 Å². The van der Waals surface area contributed by atoms with Gasteiger partial charge in [0.15, 0.2) is 0 Å². The summed E-state index contributed by atoms with van der Waals surface area (Å²) < 4.78 is 5.64. The monoisotopic (exact) mass is 313 g/mol. The molecule has 0 bridgehead atoms. The van der Waals surface area contributed by atoms with Crippen molar-refractivity contribution < 1.29 is 14.6 Å². The highest BCUT2D eigenvalue weighted by Crippen LogP contribution is 2.16. The smallest absolute Gasteiger partial charge is 0.325 e. The molecule has 0 saturated carbocycles. The third kappa shape index (κ3) is 5.42. The lowest BCUT2D eigenvalue weighted by molar-refractivity contribution is -0.139. The van der Waals surface area contributed by atoms with Crippen LogP contribution in [0.4, 0.5) is 0 Å². The second-order valence-electron chi connectivity index (χ2n) is 5.91. The van der Waals surface area contributed by atoms with E-state index in [1.807, 2.05) is 54.6 Å². The Morgan fingerprint density at radius 1 is 1.09 bits per heavy atom. The van der Waals surface area contributed by atoms with Crippen LogP contribution in [0.2, 0.25) is 0 Å². The number of carboxylic acid groups (broad SMARTS) is 1. The summed E-state index contributed by atoms with van der Waals surface area (Å²) in [6.07, 6.45) is 0. The number of benzene rings is 2. The number of ether oxygens (including phenoxy) is 1. The van der Waals surface area contributed by atoms with Gasteiger partial charge in [0.2, 0.25) is 0 Å². The summed E-state index contributed by atoms with van der Waals surface area (Å²) in [5, 5.41) is 12.5. The van der Waals surface area contributed by atoms with Crippen LogP contribution in [-0.4, -0.2) is 17.7 Å². The van der Waals surface area contributed by atoms with Gasteiger partial charge in [0.1, 0.15) is 11.8 Å². The molecular weight excluding hydrogens is 290 g/mol. The average Bonchev–Trinajstić information content (AvgIpc) is 2.55. The third-order valence-corrected chi connectivity index (χ3v) is 3.40. The summed E-state index contributed by atoms with van der Waals surface area (Å²) in [5.41, 5.74) is 1.76. The maximum atomic E-state index is 11.4. The van der Waals surface area contributed by atoms with E-state index in [2.05, 4.69) is 19.2 Å². The Bertz CT molecular complexity index is 608. The highest BCUT2D eigenvalue weighted by molar-refractivity contribution is 5.75. The van der Waals surface area contributed by atoms with Crippen LogP contribution in [0.1, 0.15) is 31.0 Å². The second kappa shape index (κ2) is 8.34. The van der Waals surface area contributed by atoms with Crippen LogP contribution >= 0.6 is 0 Å². The maximum absolute atomic E-state index is 11.4. The number of carbonyl (C=O) groups is 1. The van der Waals surface area contributed by atoms with Crippen LogP contribution in [0.25, 0.3) is 0 Å². The first-order valence-electron chi connectivity index (χ1n) is 7.79. The predicted octanol–water partition coefficient (Wildman–Crippen LogP) is 3.64. The van der Waals surface area contributed by atoms with Crippen LogP contribution in [0.15, 0.2) is 54.6 Å². The largest absolute Gasteiger partial charge is 0.493 e. The molecule has 0 radical (unpaired) electrons. The SMILES string of the molecule is CC(C)COc1ccc(CN[C@@H](C(=O)O)c2ccccc2)cc1. The van der Waals surface area contributed by atoms with Gasteiger partial charge in [-0.2, -0.15) is 0 Å². The molecule has 4 nitrogen and oxygen atoms in total. The number of nitrogens with one attached hydrogen (secondary N) is 1. The van der Waals surface area contributed by atoms with E-state index in [0.717, 1.165) is 16.9 Å². The van der Waals surface area contributed by atoms with E-state index in [-0.39, 0.29) is 0 Å². The van der Waals surface area contributed by atoms with Crippen molar-refractivity contribution in [3.63, 3.8) is 0 Å². The molecule has 0 aliphatic heterocycles. The molecule has 0 aliphatic rings. The highest BCUT2D eigenvalue weighted by Gasteiger charge is 2.18. The normalized spacial score (nSPS) is 12.1. The van der Waals surface area contributed by atoms with Gasteiger partial charge in [-0.05, 0) is 29.2 Å². The molecule has 2 rings (SSSR count). The lowest BCUT2D eigenvalue weighted by Crippen LogP contribution is -2.28. The van der Waals surface area contributed by atoms with Crippen molar-refractivity contribution in [1.82, 2.24) is 5.32 Å². The number of hydrogen-bond donors (Lipinski definition) is 2. The molecular formula is C19H23NO3. The Labute approximate surface area is 137 Å². The molecule has 122 valence electrons. The maximum Gasteiger partial charge on any atom is 0.325 e. The molecule has 0 amide bonds. The van der Waals surface area contributed by atoms with Gasteiger partial charge in [0, 0.05) is 6.54 Å². The lowest BCUT2D eigenvalue weighted by atomic mass is 10.1. The molecule has 0 fully saturated rings. The van der Waals surface area contributed by atoms with Gasteiger partial charge in [0.25, 0.3) is 0 Å². The standard InChI is InChI=1S/C19H23NO3/c1-14(2)13-23-17-10-8-15(9-11-17)12-20-18(19(21)22)16-6-4-3-5-7-16/h3-11,14,18,20H,12-13H2,1-2H3,(H,21,22)/t18-/m1/s1. The third-order valence-electron chi connectivity index (χ3n) is 3.40. The van der Waals surface area contributed by atoms with Crippen molar-refractivity contribution in [2.75, 3.05) is 6.61 Å². The fraction of sp³-hybridized carbons (Fsp3) is 0.316. The minimum absolute atomic E-state index is 0.482. The average molecular weight is 313 g/mol. The molecule has 0 saturated heterocycles. The zero-order valence-electron chi connectivity index (χ0n) is 13.5. The summed E-state index contributed by atoms with van der Waals surface area (Å²) in [5.74, 6) is 0.437.